The van der Waals surface area contributed by atoms with E-state index in [0.717, 1.165) is 0 Å². The standard InChI is InChI=1S/C19H17FN4O/c1-2-11-23(14-16-6-3-4-7-17(16)20)19(25)15-8-9-18(21-13-15)24-12-5-10-22-24/h2-10,12-13H,1,11,14H2. The molecule has 0 saturated carbocycles. The molecule has 2 aromatic heterocycles. The third-order valence-electron chi connectivity index (χ3n) is 3.69. The van der Waals surface area contributed by atoms with Crippen molar-refractivity contribution in [2.24, 2.45) is 0 Å². The Morgan fingerprint density at radius 2 is 2.08 bits per heavy atom. The smallest absolute Gasteiger partial charge is 0.256 e. The number of hydrogen-bond acceptors (Lipinski definition) is 3. The summed E-state index contributed by atoms with van der Waals surface area (Å²) in [7, 11) is 0. The SMILES string of the molecule is C=CCN(Cc1ccccc1F)C(=O)c1ccc(-n2cccn2)nc1. The molecule has 0 aliphatic rings. The lowest BCUT2D eigenvalue weighted by molar-refractivity contribution is 0.0761. The zero-order valence-corrected chi connectivity index (χ0v) is 13.5. The second kappa shape index (κ2) is 7.53. The zero-order chi connectivity index (χ0) is 17.6. The molecule has 3 aromatic rings. The number of rotatable bonds is 6. The summed E-state index contributed by atoms with van der Waals surface area (Å²) in [4.78, 5) is 18.5. The largest absolute Gasteiger partial charge is 0.330 e. The van der Waals surface area contributed by atoms with Crippen LogP contribution in [0.15, 0.2) is 73.7 Å². The average Bonchev–Trinajstić information content (AvgIpc) is 3.17. The van der Waals surface area contributed by atoms with Crippen LogP contribution in [-0.4, -0.2) is 32.1 Å². The van der Waals surface area contributed by atoms with Crippen LogP contribution in [0.25, 0.3) is 5.82 Å². The Hall–Kier alpha value is -3.28. The molecule has 0 radical (unpaired) electrons. The molecule has 0 aliphatic heterocycles. The van der Waals surface area contributed by atoms with Crippen molar-refractivity contribution in [3.63, 3.8) is 0 Å². The molecular formula is C19H17FN4O. The fraction of sp³-hybridized carbons (Fsp3) is 0.105. The van der Waals surface area contributed by atoms with Crippen LogP contribution in [0.1, 0.15) is 15.9 Å². The number of hydrogen-bond donors (Lipinski definition) is 0. The number of carbonyl (C=O) groups is 1. The lowest BCUT2D eigenvalue weighted by atomic mass is 10.1. The van der Waals surface area contributed by atoms with Crippen LogP contribution in [0.2, 0.25) is 0 Å². The first kappa shape index (κ1) is 16.6. The van der Waals surface area contributed by atoms with Crippen LogP contribution in [-0.2, 0) is 6.54 Å². The lowest BCUT2D eigenvalue weighted by Gasteiger charge is -2.21. The van der Waals surface area contributed by atoms with Crippen molar-refractivity contribution in [3.05, 3.63) is 90.7 Å². The molecule has 0 aliphatic carbocycles. The number of carbonyl (C=O) groups excluding carboxylic acids is 1. The molecule has 0 N–H and O–H groups in total. The summed E-state index contributed by atoms with van der Waals surface area (Å²) in [6.07, 6.45) is 6.54. The number of aromatic nitrogens is 3. The summed E-state index contributed by atoms with van der Waals surface area (Å²) in [5.41, 5.74) is 0.882. The first-order valence-corrected chi connectivity index (χ1v) is 7.78. The minimum absolute atomic E-state index is 0.165. The minimum Gasteiger partial charge on any atom is -0.330 e. The first-order valence-electron chi connectivity index (χ1n) is 7.78. The molecule has 0 spiro atoms. The van der Waals surface area contributed by atoms with Gasteiger partial charge in [0.05, 0.1) is 5.56 Å². The van der Waals surface area contributed by atoms with Crippen molar-refractivity contribution in [1.82, 2.24) is 19.7 Å². The molecule has 0 bridgehead atoms. The van der Waals surface area contributed by atoms with E-state index in [1.807, 2.05) is 0 Å². The van der Waals surface area contributed by atoms with Gasteiger partial charge in [-0.05, 0) is 24.3 Å². The Morgan fingerprint density at radius 1 is 1.24 bits per heavy atom. The maximum absolute atomic E-state index is 13.9. The molecule has 0 unspecified atom stereocenters. The van der Waals surface area contributed by atoms with Crippen molar-refractivity contribution in [2.75, 3.05) is 6.54 Å². The molecule has 0 fully saturated rings. The van der Waals surface area contributed by atoms with E-state index in [4.69, 9.17) is 0 Å². The van der Waals surface area contributed by atoms with E-state index in [2.05, 4.69) is 16.7 Å². The number of amides is 1. The normalized spacial score (nSPS) is 10.4. The predicted octanol–water partition coefficient (Wildman–Crippen LogP) is 3.23. The van der Waals surface area contributed by atoms with Crippen molar-refractivity contribution in [2.45, 2.75) is 6.54 Å². The summed E-state index contributed by atoms with van der Waals surface area (Å²) < 4.78 is 15.5. The van der Waals surface area contributed by atoms with Crippen LogP contribution in [0, 0.1) is 5.82 Å². The predicted molar refractivity (Wildman–Crippen MR) is 92.7 cm³/mol. The van der Waals surface area contributed by atoms with Gasteiger partial charge in [-0.1, -0.05) is 24.3 Å². The molecule has 1 aromatic carbocycles. The van der Waals surface area contributed by atoms with Gasteiger partial charge < -0.3 is 4.90 Å². The van der Waals surface area contributed by atoms with Crippen molar-refractivity contribution >= 4 is 5.91 Å². The van der Waals surface area contributed by atoms with Gasteiger partial charge in [-0.15, -0.1) is 6.58 Å². The van der Waals surface area contributed by atoms with E-state index in [1.165, 1.54) is 17.2 Å². The Kier molecular flexibility index (Phi) is 4.99. The summed E-state index contributed by atoms with van der Waals surface area (Å²) in [5, 5.41) is 4.09. The van der Waals surface area contributed by atoms with Crippen LogP contribution in [0.5, 0.6) is 0 Å². The third kappa shape index (κ3) is 3.80. The van der Waals surface area contributed by atoms with E-state index in [1.54, 1.807) is 59.5 Å². The van der Waals surface area contributed by atoms with Gasteiger partial charge in [0.25, 0.3) is 5.91 Å². The average molecular weight is 336 g/mol. The minimum atomic E-state index is -0.337. The van der Waals surface area contributed by atoms with Gasteiger partial charge in [0.15, 0.2) is 5.82 Å². The van der Waals surface area contributed by atoms with Gasteiger partial charge in [0.1, 0.15) is 5.82 Å². The van der Waals surface area contributed by atoms with Crippen LogP contribution >= 0.6 is 0 Å². The molecule has 126 valence electrons. The molecule has 0 saturated heterocycles. The van der Waals surface area contributed by atoms with Crippen LogP contribution in [0.3, 0.4) is 0 Å². The molecule has 6 heteroatoms. The summed E-state index contributed by atoms with van der Waals surface area (Å²) >= 11 is 0. The zero-order valence-electron chi connectivity index (χ0n) is 13.5. The monoisotopic (exact) mass is 336 g/mol. The van der Waals surface area contributed by atoms with Crippen LogP contribution < -0.4 is 0 Å². The summed E-state index contributed by atoms with van der Waals surface area (Å²) in [6, 6.07) is 11.6. The lowest BCUT2D eigenvalue weighted by Crippen LogP contribution is -2.31. The molecule has 3 rings (SSSR count). The van der Waals surface area contributed by atoms with Gasteiger partial charge in [-0.2, -0.15) is 5.10 Å². The van der Waals surface area contributed by atoms with Crippen LogP contribution in [0.4, 0.5) is 4.39 Å². The van der Waals surface area contributed by atoms with Crippen molar-refractivity contribution in [1.29, 1.82) is 0 Å². The van der Waals surface area contributed by atoms with Crippen molar-refractivity contribution in [3.8, 4) is 5.82 Å². The Balaban J connectivity index is 1.80. The van der Waals surface area contributed by atoms with E-state index in [0.29, 0.717) is 23.5 Å². The maximum atomic E-state index is 13.9. The number of nitrogens with zero attached hydrogens (tertiary/aromatic N) is 4. The second-order valence-corrected chi connectivity index (χ2v) is 5.42. The topological polar surface area (TPSA) is 51.0 Å². The second-order valence-electron chi connectivity index (χ2n) is 5.42. The highest BCUT2D eigenvalue weighted by atomic mass is 19.1. The Morgan fingerprint density at radius 3 is 2.72 bits per heavy atom. The molecule has 1 amide bonds. The quantitative estimate of drug-likeness (QED) is 0.649. The fourth-order valence-corrected chi connectivity index (χ4v) is 2.44. The number of halogens is 1. The van der Waals surface area contributed by atoms with Gasteiger partial charge in [-0.3, -0.25) is 4.79 Å². The Bertz CT molecular complexity index is 859. The highest BCUT2D eigenvalue weighted by Gasteiger charge is 2.17. The van der Waals surface area contributed by atoms with Gasteiger partial charge in [0, 0.05) is 37.2 Å². The van der Waals surface area contributed by atoms with Gasteiger partial charge in [-0.25, -0.2) is 14.1 Å². The van der Waals surface area contributed by atoms with E-state index in [-0.39, 0.29) is 18.3 Å². The number of pyridine rings is 1. The number of benzene rings is 1. The van der Waals surface area contributed by atoms with Crippen molar-refractivity contribution < 1.29 is 9.18 Å². The summed E-state index contributed by atoms with van der Waals surface area (Å²) in [6.45, 7) is 4.15. The fourth-order valence-electron chi connectivity index (χ4n) is 2.44. The Labute approximate surface area is 145 Å². The summed E-state index contributed by atoms with van der Waals surface area (Å²) in [5.74, 6) is 0.0464. The van der Waals surface area contributed by atoms with E-state index >= 15 is 0 Å². The maximum Gasteiger partial charge on any atom is 0.256 e. The van der Waals surface area contributed by atoms with Gasteiger partial charge in [0.2, 0.25) is 0 Å². The molecule has 25 heavy (non-hydrogen) atoms. The van der Waals surface area contributed by atoms with E-state index < -0.39 is 0 Å². The highest BCUT2D eigenvalue weighted by molar-refractivity contribution is 5.94. The highest BCUT2D eigenvalue weighted by Crippen LogP contribution is 2.14. The molecule has 5 nitrogen and oxygen atoms in total. The third-order valence-corrected chi connectivity index (χ3v) is 3.69. The van der Waals surface area contributed by atoms with Gasteiger partial charge >= 0.3 is 0 Å². The molecule has 0 atom stereocenters. The first-order chi connectivity index (χ1) is 12.2. The molecular weight excluding hydrogens is 319 g/mol. The molecule has 2 heterocycles. The van der Waals surface area contributed by atoms with E-state index in [9.17, 15) is 9.18 Å².